The van der Waals surface area contributed by atoms with Crippen LogP contribution >= 0.6 is 0 Å². The monoisotopic (exact) mass is 597 g/mol. The number of esters is 2. The minimum absolute atomic E-state index is 0.00882. The molecule has 2 atom stereocenters. The van der Waals surface area contributed by atoms with E-state index < -0.39 is 54.0 Å². The molecule has 232 valence electrons. The lowest BCUT2D eigenvalue weighted by Crippen LogP contribution is -2.63. The SMILES string of the molecule is COC(=O)C[C@H]1C(=O)N(CC(=O)OC(C)(C)C)CCN1C(=O)C(Cc1ccc(OC)cc1)NC(=O)OCc1ccccc1. The van der Waals surface area contributed by atoms with E-state index in [1.165, 1.54) is 24.0 Å². The molecular weight excluding hydrogens is 558 g/mol. The molecule has 2 aromatic rings. The molecule has 1 aliphatic rings. The summed E-state index contributed by atoms with van der Waals surface area (Å²) in [4.78, 5) is 67.6. The van der Waals surface area contributed by atoms with Gasteiger partial charge in [0.1, 0.15) is 36.6 Å². The van der Waals surface area contributed by atoms with Gasteiger partial charge in [0, 0.05) is 19.5 Å². The predicted octanol–water partition coefficient (Wildman–Crippen LogP) is 2.48. The summed E-state index contributed by atoms with van der Waals surface area (Å²) in [5, 5.41) is 2.63. The highest BCUT2D eigenvalue weighted by Crippen LogP contribution is 2.20. The number of piperazine rings is 1. The molecule has 0 bridgehead atoms. The van der Waals surface area contributed by atoms with Gasteiger partial charge in [0.05, 0.1) is 20.6 Å². The van der Waals surface area contributed by atoms with Crippen molar-refractivity contribution in [3.8, 4) is 5.75 Å². The Morgan fingerprint density at radius 3 is 2.21 bits per heavy atom. The highest BCUT2D eigenvalue weighted by molar-refractivity contribution is 5.95. The number of carbonyl (C=O) groups excluding carboxylic acids is 5. The molecule has 1 N–H and O–H groups in total. The van der Waals surface area contributed by atoms with Crippen LogP contribution in [-0.2, 0) is 46.4 Å². The van der Waals surface area contributed by atoms with Gasteiger partial charge in [0.15, 0.2) is 0 Å². The lowest BCUT2D eigenvalue weighted by molar-refractivity contribution is -0.164. The largest absolute Gasteiger partial charge is 0.497 e. The Morgan fingerprint density at radius 2 is 1.60 bits per heavy atom. The number of nitrogens with one attached hydrogen (secondary N) is 1. The van der Waals surface area contributed by atoms with E-state index in [-0.39, 0.29) is 32.7 Å². The van der Waals surface area contributed by atoms with Crippen LogP contribution in [0.15, 0.2) is 54.6 Å². The van der Waals surface area contributed by atoms with E-state index in [1.54, 1.807) is 57.2 Å². The Morgan fingerprint density at radius 1 is 0.930 bits per heavy atom. The molecule has 3 amide bonds. The van der Waals surface area contributed by atoms with Gasteiger partial charge in [-0.2, -0.15) is 0 Å². The number of hydrogen-bond acceptors (Lipinski definition) is 9. The van der Waals surface area contributed by atoms with E-state index in [0.717, 1.165) is 5.56 Å². The van der Waals surface area contributed by atoms with Gasteiger partial charge in [0.25, 0.3) is 0 Å². The van der Waals surface area contributed by atoms with Crippen molar-refractivity contribution in [1.82, 2.24) is 15.1 Å². The van der Waals surface area contributed by atoms with Gasteiger partial charge in [-0.25, -0.2) is 4.79 Å². The molecule has 1 unspecified atom stereocenters. The van der Waals surface area contributed by atoms with E-state index in [9.17, 15) is 24.0 Å². The number of ether oxygens (including phenoxy) is 4. The third kappa shape index (κ3) is 10.0. The zero-order valence-corrected chi connectivity index (χ0v) is 25.2. The minimum Gasteiger partial charge on any atom is -0.497 e. The first kappa shape index (κ1) is 32.9. The summed E-state index contributed by atoms with van der Waals surface area (Å²) in [6.45, 7) is 4.82. The van der Waals surface area contributed by atoms with Crippen molar-refractivity contribution < 1.29 is 42.9 Å². The Labute approximate surface area is 251 Å². The fraction of sp³-hybridized carbons (Fsp3) is 0.452. The molecule has 43 heavy (non-hydrogen) atoms. The summed E-state index contributed by atoms with van der Waals surface area (Å²) in [5.74, 6) is -1.90. The molecule has 12 nitrogen and oxygen atoms in total. The Kier molecular flexibility index (Phi) is 11.5. The summed E-state index contributed by atoms with van der Waals surface area (Å²) in [7, 11) is 2.71. The van der Waals surface area contributed by atoms with Crippen LogP contribution < -0.4 is 10.1 Å². The van der Waals surface area contributed by atoms with Crippen molar-refractivity contribution in [2.45, 2.75) is 57.9 Å². The fourth-order valence-corrected chi connectivity index (χ4v) is 4.53. The van der Waals surface area contributed by atoms with Gasteiger partial charge in [0.2, 0.25) is 11.8 Å². The normalized spacial score (nSPS) is 15.7. The maximum atomic E-state index is 14.0. The standard InChI is InChI=1S/C31H39N3O9/c1-31(2,3)43-27(36)19-33-15-16-34(25(29(33)38)18-26(35)41-5)28(37)24(17-21-11-13-23(40-4)14-12-21)32-30(39)42-20-22-9-7-6-8-10-22/h6-14,24-25H,15-20H2,1-5H3,(H,32,39)/t24?,25-/m0/s1. The van der Waals surface area contributed by atoms with E-state index in [4.69, 9.17) is 18.9 Å². The van der Waals surface area contributed by atoms with Gasteiger partial charge < -0.3 is 34.1 Å². The van der Waals surface area contributed by atoms with Crippen molar-refractivity contribution in [1.29, 1.82) is 0 Å². The van der Waals surface area contributed by atoms with Crippen LogP contribution in [0.4, 0.5) is 4.79 Å². The number of benzene rings is 2. The van der Waals surface area contributed by atoms with Crippen LogP contribution in [0.25, 0.3) is 0 Å². The van der Waals surface area contributed by atoms with Gasteiger partial charge >= 0.3 is 18.0 Å². The van der Waals surface area contributed by atoms with E-state index in [0.29, 0.717) is 11.3 Å². The summed E-state index contributed by atoms with van der Waals surface area (Å²) >= 11 is 0. The number of carbonyl (C=O) groups is 5. The molecule has 0 radical (unpaired) electrons. The molecule has 1 aliphatic heterocycles. The third-order valence-corrected chi connectivity index (χ3v) is 6.60. The Bertz CT molecular complexity index is 1280. The number of methoxy groups -OCH3 is 2. The summed E-state index contributed by atoms with van der Waals surface area (Å²) in [6.07, 6.45) is -1.18. The first-order chi connectivity index (χ1) is 20.4. The third-order valence-electron chi connectivity index (χ3n) is 6.60. The molecule has 2 aromatic carbocycles. The predicted molar refractivity (Wildman–Crippen MR) is 155 cm³/mol. The highest BCUT2D eigenvalue weighted by Gasteiger charge is 2.42. The van der Waals surface area contributed by atoms with Crippen molar-refractivity contribution in [2.24, 2.45) is 0 Å². The maximum Gasteiger partial charge on any atom is 0.408 e. The molecule has 3 rings (SSSR count). The average molecular weight is 598 g/mol. The first-order valence-corrected chi connectivity index (χ1v) is 13.9. The van der Waals surface area contributed by atoms with Crippen molar-refractivity contribution in [2.75, 3.05) is 33.9 Å². The molecule has 0 spiro atoms. The molecule has 1 saturated heterocycles. The lowest BCUT2D eigenvalue weighted by Gasteiger charge is -2.41. The molecule has 0 aliphatic carbocycles. The second-order valence-corrected chi connectivity index (χ2v) is 11.0. The molecular formula is C31H39N3O9. The Hall–Kier alpha value is -4.61. The van der Waals surface area contributed by atoms with Crippen LogP contribution in [0, 0.1) is 0 Å². The fourth-order valence-electron chi connectivity index (χ4n) is 4.53. The number of hydrogen-bond donors (Lipinski definition) is 1. The second kappa shape index (κ2) is 15.0. The number of amides is 3. The molecule has 0 aromatic heterocycles. The van der Waals surface area contributed by atoms with Crippen LogP contribution in [0.2, 0.25) is 0 Å². The van der Waals surface area contributed by atoms with Gasteiger partial charge in [-0.15, -0.1) is 0 Å². The minimum atomic E-state index is -1.25. The van der Waals surface area contributed by atoms with Gasteiger partial charge in [-0.05, 0) is 44.0 Å². The smallest absolute Gasteiger partial charge is 0.408 e. The quantitative estimate of drug-likeness (QED) is 0.306. The topological polar surface area (TPSA) is 141 Å². The molecule has 12 heteroatoms. The van der Waals surface area contributed by atoms with Gasteiger partial charge in [-0.1, -0.05) is 42.5 Å². The van der Waals surface area contributed by atoms with Crippen LogP contribution in [0.1, 0.15) is 38.3 Å². The average Bonchev–Trinajstić information content (AvgIpc) is 2.97. The second-order valence-electron chi connectivity index (χ2n) is 11.0. The summed E-state index contributed by atoms with van der Waals surface area (Å²) in [5.41, 5.74) is 0.723. The number of alkyl carbamates (subject to hydrolysis) is 1. The number of rotatable bonds is 11. The molecule has 0 saturated carbocycles. The van der Waals surface area contributed by atoms with Crippen LogP contribution in [0.3, 0.4) is 0 Å². The Balaban J connectivity index is 1.82. The molecule has 1 heterocycles. The number of nitrogens with zero attached hydrogens (tertiary/aromatic N) is 2. The lowest BCUT2D eigenvalue weighted by atomic mass is 10.0. The maximum absolute atomic E-state index is 14.0. The van der Waals surface area contributed by atoms with E-state index in [1.807, 2.05) is 18.2 Å². The first-order valence-electron chi connectivity index (χ1n) is 13.9. The summed E-state index contributed by atoms with van der Waals surface area (Å²) < 4.78 is 20.7. The summed E-state index contributed by atoms with van der Waals surface area (Å²) in [6, 6.07) is 13.6. The van der Waals surface area contributed by atoms with Crippen molar-refractivity contribution >= 4 is 29.8 Å². The van der Waals surface area contributed by atoms with Crippen molar-refractivity contribution in [3.63, 3.8) is 0 Å². The zero-order valence-electron chi connectivity index (χ0n) is 25.2. The van der Waals surface area contributed by atoms with E-state index in [2.05, 4.69) is 5.32 Å². The zero-order chi connectivity index (χ0) is 31.6. The van der Waals surface area contributed by atoms with Crippen LogP contribution in [0.5, 0.6) is 5.75 Å². The van der Waals surface area contributed by atoms with E-state index >= 15 is 0 Å². The molecule has 1 fully saturated rings. The highest BCUT2D eigenvalue weighted by atomic mass is 16.6. The van der Waals surface area contributed by atoms with Crippen LogP contribution in [-0.4, -0.2) is 91.2 Å². The van der Waals surface area contributed by atoms with Crippen molar-refractivity contribution in [3.05, 3.63) is 65.7 Å². The van der Waals surface area contributed by atoms with Gasteiger partial charge in [-0.3, -0.25) is 19.2 Å².